The molecular weight excluding hydrogens is 146 g/mol. The highest BCUT2D eigenvalue weighted by atomic mass is 14.8. The van der Waals surface area contributed by atoms with Crippen LogP contribution >= 0.6 is 0 Å². The van der Waals surface area contributed by atoms with Crippen LogP contribution in [0.25, 0.3) is 5.70 Å². The Balaban J connectivity index is 2.75. The first-order valence-electron chi connectivity index (χ1n) is 4.03. The fraction of sp³-hybridized carbons (Fsp3) is 0.182. The molecule has 0 spiro atoms. The summed E-state index contributed by atoms with van der Waals surface area (Å²) in [5.74, 6) is 0. The molecule has 0 N–H and O–H groups in total. The van der Waals surface area contributed by atoms with Gasteiger partial charge >= 0.3 is 0 Å². The van der Waals surface area contributed by atoms with Gasteiger partial charge in [-0.05, 0) is 25.0 Å². The maximum Gasteiger partial charge on any atom is 0.0637 e. The van der Waals surface area contributed by atoms with Crippen LogP contribution in [-0.2, 0) is 0 Å². The molecule has 1 nitrogen and oxygen atoms in total. The minimum atomic E-state index is 0.883. The molecule has 0 bridgehead atoms. The van der Waals surface area contributed by atoms with Gasteiger partial charge in [0.25, 0.3) is 0 Å². The summed E-state index contributed by atoms with van der Waals surface area (Å²) < 4.78 is 0. The van der Waals surface area contributed by atoms with E-state index in [0.29, 0.717) is 0 Å². The van der Waals surface area contributed by atoms with Gasteiger partial charge in [0, 0.05) is 17.3 Å². The van der Waals surface area contributed by atoms with E-state index < -0.39 is 0 Å². The Morgan fingerprint density at radius 3 is 2.75 bits per heavy atom. The first-order valence-corrected chi connectivity index (χ1v) is 4.03. The number of rotatable bonds is 0. The summed E-state index contributed by atoms with van der Waals surface area (Å²) in [4.78, 5) is 4.19. The number of aryl methyl sites for hydroxylation is 1. The summed E-state index contributed by atoms with van der Waals surface area (Å²) in [6, 6.07) is 4.21. The van der Waals surface area contributed by atoms with Crippen molar-refractivity contribution in [2.45, 2.75) is 13.8 Å². The molecule has 2 rings (SSSR count). The van der Waals surface area contributed by atoms with Crippen molar-refractivity contribution < 1.29 is 0 Å². The van der Waals surface area contributed by atoms with Crippen molar-refractivity contribution in [2.75, 3.05) is 0 Å². The molecular formula is C11H11N. The maximum absolute atomic E-state index is 4.19. The van der Waals surface area contributed by atoms with Crippen molar-refractivity contribution >= 4 is 11.9 Å². The Bertz CT molecular complexity index is 386. The second-order valence-electron chi connectivity index (χ2n) is 3.17. The average Bonchev–Trinajstić information content (AvgIpc) is 2.41. The van der Waals surface area contributed by atoms with E-state index in [-0.39, 0.29) is 0 Å². The molecule has 0 amide bonds. The summed E-state index contributed by atoms with van der Waals surface area (Å²) in [5.41, 5.74) is 5.93. The highest BCUT2D eigenvalue weighted by Gasteiger charge is 2.12. The minimum Gasteiger partial charge on any atom is -0.256 e. The maximum atomic E-state index is 4.19. The molecule has 1 aliphatic rings. The summed E-state index contributed by atoms with van der Waals surface area (Å²) in [6.45, 7) is 8.11. The fourth-order valence-corrected chi connectivity index (χ4v) is 1.47. The monoisotopic (exact) mass is 157 g/mol. The zero-order chi connectivity index (χ0) is 8.72. The van der Waals surface area contributed by atoms with Crippen LogP contribution in [0.5, 0.6) is 0 Å². The third-order valence-corrected chi connectivity index (χ3v) is 2.45. The van der Waals surface area contributed by atoms with E-state index in [0.717, 1.165) is 5.70 Å². The fourth-order valence-electron chi connectivity index (χ4n) is 1.47. The average molecular weight is 157 g/mol. The smallest absolute Gasteiger partial charge is 0.0637 e. The summed E-state index contributed by atoms with van der Waals surface area (Å²) >= 11 is 0. The Morgan fingerprint density at radius 1 is 1.25 bits per heavy atom. The van der Waals surface area contributed by atoms with Crippen molar-refractivity contribution in [1.82, 2.24) is 0 Å². The number of hydrogen-bond donors (Lipinski definition) is 0. The van der Waals surface area contributed by atoms with Gasteiger partial charge in [-0.3, -0.25) is 4.99 Å². The minimum absolute atomic E-state index is 0.883. The Labute approximate surface area is 72.5 Å². The molecule has 0 aromatic heterocycles. The Morgan fingerprint density at radius 2 is 2.00 bits per heavy atom. The van der Waals surface area contributed by atoms with Crippen LogP contribution in [0.4, 0.5) is 0 Å². The lowest BCUT2D eigenvalue weighted by atomic mass is 9.99. The summed E-state index contributed by atoms with van der Waals surface area (Å²) in [5, 5.41) is 0. The zero-order valence-corrected chi connectivity index (χ0v) is 7.39. The van der Waals surface area contributed by atoms with Gasteiger partial charge in [-0.2, -0.15) is 0 Å². The molecule has 0 saturated carbocycles. The predicted octanol–water partition coefficient (Wildman–Crippen LogP) is 2.71. The molecule has 12 heavy (non-hydrogen) atoms. The standard InChI is InChI=1S/C11H11N/c1-7-4-5-10-9(3)12-6-11(10)8(7)2/h4-6H,3H2,1-2H3. The summed E-state index contributed by atoms with van der Waals surface area (Å²) in [7, 11) is 0. The third kappa shape index (κ3) is 0.828. The van der Waals surface area contributed by atoms with Crippen LogP contribution in [0.1, 0.15) is 22.3 Å². The first kappa shape index (κ1) is 7.29. The molecule has 1 aromatic carbocycles. The van der Waals surface area contributed by atoms with Gasteiger partial charge in [-0.25, -0.2) is 0 Å². The van der Waals surface area contributed by atoms with Crippen LogP contribution in [0, 0.1) is 13.8 Å². The van der Waals surface area contributed by atoms with Gasteiger partial charge in [0.1, 0.15) is 0 Å². The first-order chi connectivity index (χ1) is 5.70. The molecule has 0 fully saturated rings. The largest absolute Gasteiger partial charge is 0.256 e. The second kappa shape index (κ2) is 2.31. The topological polar surface area (TPSA) is 12.4 Å². The van der Waals surface area contributed by atoms with Crippen LogP contribution in [0.3, 0.4) is 0 Å². The number of aliphatic imine (C=N–C) groups is 1. The van der Waals surface area contributed by atoms with E-state index in [1.807, 2.05) is 6.21 Å². The van der Waals surface area contributed by atoms with Crippen LogP contribution in [0.2, 0.25) is 0 Å². The van der Waals surface area contributed by atoms with Crippen molar-refractivity contribution in [2.24, 2.45) is 4.99 Å². The van der Waals surface area contributed by atoms with Crippen LogP contribution in [0.15, 0.2) is 23.7 Å². The molecule has 0 radical (unpaired) electrons. The Kier molecular flexibility index (Phi) is 1.40. The number of benzene rings is 1. The second-order valence-corrected chi connectivity index (χ2v) is 3.17. The van der Waals surface area contributed by atoms with E-state index in [4.69, 9.17) is 0 Å². The van der Waals surface area contributed by atoms with Crippen molar-refractivity contribution in [3.05, 3.63) is 41.0 Å². The molecule has 0 atom stereocenters. The molecule has 60 valence electrons. The highest BCUT2D eigenvalue weighted by Crippen LogP contribution is 2.27. The molecule has 0 unspecified atom stereocenters. The summed E-state index contributed by atoms with van der Waals surface area (Å²) in [6.07, 6.45) is 1.90. The molecule has 1 heteroatoms. The number of fused-ring (bicyclic) bond motifs is 1. The van der Waals surface area contributed by atoms with Gasteiger partial charge in [0.2, 0.25) is 0 Å². The molecule has 1 aliphatic heterocycles. The molecule has 0 saturated heterocycles. The Hall–Kier alpha value is -1.37. The van der Waals surface area contributed by atoms with Gasteiger partial charge in [0.15, 0.2) is 0 Å². The van der Waals surface area contributed by atoms with Gasteiger partial charge in [-0.15, -0.1) is 0 Å². The predicted molar refractivity (Wildman–Crippen MR) is 52.5 cm³/mol. The lowest BCUT2D eigenvalue weighted by Gasteiger charge is -2.04. The van der Waals surface area contributed by atoms with E-state index >= 15 is 0 Å². The molecule has 1 heterocycles. The molecule has 0 aliphatic carbocycles. The quantitative estimate of drug-likeness (QED) is 0.549. The molecule has 1 aromatic rings. The normalized spacial score (nSPS) is 13.7. The van der Waals surface area contributed by atoms with Crippen molar-refractivity contribution in [3.8, 4) is 0 Å². The third-order valence-electron chi connectivity index (χ3n) is 2.45. The van der Waals surface area contributed by atoms with Crippen LogP contribution in [-0.4, -0.2) is 6.21 Å². The number of nitrogens with zero attached hydrogens (tertiary/aromatic N) is 1. The van der Waals surface area contributed by atoms with Gasteiger partial charge in [0.05, 0.1) is 5.70 Å². The van der Waals surface area contributed by atoms with Crippen LogP contribution < -0.4 is 0 Å². The highest BCUT2D eigenvalue weighted by molar-refractivity contribution is 5.98. The van der Waals surface area contributed by atoms with E-state index in [1.165, 1.54) is 22.3 Å². The zero-order valence-electron chi connectivity index (χ0n) is 7.39. The lowest BCUT2D eigenvalue weighted by molar-refractivity contribution is 1.32. The van der Waals surface area contributed by atoms with E-state index in [2.05, 4.69) is 37.6 Å². The van der Waals surface area contributed by atoms with Gasteiger partial charge < -0.3 is 0 Å². The SMILES string of the molecule is C=C1N=Cc2c1ccc(C)c2C. The van der Waals surface area contributed by atoms with Gasteiger partial charge in [-0.1, -0.05) is 18.7 Å². The van der Waals surface area contributed by atoms with Crippen molar-refractivity contribution in [3.63, 3.8) is 0 Å². The van der Waals surface area contributed by atoms with E-state index in [1.54, 1.807) is 0 Å². The van der Waals surface area contributed by atoms with Crippen molar-refractivity contribution in [1.29, 1.82) is 0 Å². The number of hydrogen-bond acceptors (Lipinski definition) is 1. The lowest BCUT2D eigenvalue weighted by Crippen LogP contribution is -1.91. The van der Waals surface area contributed by atoms with E-state index in [9.17, 15) is 0 Å².